The molecule has 0 saturated carbocycles. The molecule has 0 amide bonds. The topological polar surface area (TPSA) is 80.4 Å². The van der Waals surface area contributed by atoms with E-state index in [-0.39, 0.29) is 22.4 Å². The van der Waals surface area contributed by atoms with Crippen molar-refractivity contribution in [2.75, 3.05) is 0 Å². The van der Waals surface area contributed by atoms with E-state index in [9.17, 15) is 20.0 Å². The van der Waals surface area contributed by atoms with Gasteiger partial charge in [0, 0.05) is 18.1 Å². The maximum absolute atomic E-state index is 12.5. The minimum absolute atomic E-state index is 0.0136. The molecule has 0 fully saturated rings. The summed E-state index contributed by atoms with van der Waals surface area (Å²) in [5.41, 5.74) is 2.28. The molecule has 0 spiro atoms. The third-order valence-corrected chi connectivity index (χ3v) is 7.04. The summed E-state index contributed by atoms with van der Waals surface area (Å²) in [5.74, 6) is -1.16. The zero-order valence-corrected chi connectivity index (χ0v) is 17.3. The molecule has 3 rings (SSSR count). The number of carboxylic acid groups (broad SMARTS) is 1. The first-order valence-electron chi connectivity index (χ1n) is 9.82. The number of hydrogen-bond acceptors (Lipinski definition) is 3. The number of benzene rings is 1. The number of allylic oxidation sites excluding steroid dienone is 3. The highest BCUT2D eigenvalue weighted by Gasteiger charge is 2.50. The summed E-state index contributed by atoms with van der Waals surface area (Å²) in [6.07, 6.45) is 6.50. The van der Waals surface area contributed by atoms with Crippen molar-refractivity contribution in [3.63, 3.8) is 0 Å². The molecular weight excluding hydrogens is 354 g/mol. The Morgan fingerprint density at radius 3 is 2.21 bits per heavy atom. The van der Waals surface area contributed by atoms with Crippen LogP contribution < -0.4 is 0 Å². The van der Waals surface area contributed by atoms with Gasteiger partial charge in [-0.2, -0.15) is 0 Å². The number of nitrogens with zero attached hydrogens (tertiary/aromatic N) is 1. The van der Waals surface area contributed by atoms with Gasteiger partial charge in [-0.25, -0.2) is 0 Å². The van der Waals surface area contributed by atoms with Crippen LogP contribution >= 0.6 is 0 Å². The van der Waals surface area contributed by atoms with Gasteiger partial charge in [-0.1, -0.05) is 64.5 Å². The number of nitro benzene ring substituents is 1. The van der Waals surface area contributed by atoms with Crippen molar-refractivity contribution in [2.45, 2.75) is 59.8 Å². The monoisotopic (exact) mass is 383 g/mol. The fourth-order valence-corrected chi connectivity index (χ4v) is 4.74. The van der Waals surface area contributed by atoms with E-state index < -0.39 is 16.3 Å². The summed E-state index contributed by atoms with van der Waals surface area (Å²) < 4.78 is 0. The standard InChI is InChI=1S/C23H29NO4/c1-15(16-6-8-17(9-7-16)24(27)28)23(20(25)26)11-10-18-19(14-23)22(4,5)13-12-21(18,2)3/h6-11,15H,12-14H2,1-5H3,(H,25,26). The molecule has 2 aliphatic rings. The zero-order valence-electron chi connectivity index (χ0n) is 17.3. The van der Waals surface area contributed by atoms with Crippen LogP contribution in [0.4, 0.5) is 5.69 Å². The van der Waals surface area contributed by atoms with Gasteiger partial charge in [-0.15, -0.1) is 0 Å². The number of hydrogen-bond donors (Lipinski definition) is 1. The first-order chi connectivity index (χ1) is 12.9. The van der Waals surface area contributed by atoms with Crippen molar-refractivity contribution in [2.24, 2.45) is 16.2 Å². The Labute approximate surface area is 166 Å². The lowest BCUT2D eigenvalue weighted by Crippen LogP contribution is -2.41. The molecule has 5 heteroatoms. The Balaban J connectivity index is 2.05. The molecule has 0 radical (unpaired) electrons. The van der Waals surface area contributed by atoms with E-state index in [2.05, 4.69) is 27.7 Å². The van der Waals surface area contributed by atoms with E-state index in [0.717, 1.165) is 18.4 Å². The first kappa shape index (κ1) is 20.3. The maximum atomic E-state index is 12.5. The summed E-state index contributed by atoms with van der Waals surface area (Å²) >= 11 is 0. The number of carbonyl (C=O) groups is 1. The van der Waals surface area contributed by atoms with E-state index in [1.165, 1.54) is 23.3 Å². The average Bonchev–Trinajstić information content (AvgIpc) is 2.64. The molecular formula is C23H29NO4. The Kier molecular flexibility index (Phi) is 4.77. The highest BCUT2D eigenvalue weighted by Crippen LogP contribution is 2.57. The third kappa shape index (κ3) is 3.17. The van der Waals surface area contributed by atoms with Crippen molar-refractivity contribution >= 4 is 11.7 Å². The second kappa shape index (κ2) is 6.57. The fourth-order valence-electron chi connectivity index (χ4n) is 4.74. The number of non-ortho nitro benzene ring substituents is 1. The third-order valence-electron chi connectivity index (χ3n) is 7.04. The summed E-state index contributed by atoms with van der Waals surface area (Å²) in [6.45, 7) is 10.8. The largest absolute Gasteiger partial charge is 0.481 e. The first-order valence-corrected chi connectivity index (χ1v) is 9.82. The van der Waals surface area contributed by atoms with Crippen LogP contribution in [-0.2, 0) is 4.79 Å². The van der Waals surface area contributed by atoms with Crippen LogP contribution in [0.1, 0.15) is 65.4 Å². The van der Waals surface area contributed by atoms with Crippen LogP contribution in [-0.4, -0.2) is 16.0 Å². The number of aliphatic carboxylic acids is 1. The van der Waals surface area contributed by atoms with Gasteiger partial charge in [0.1, 0.15) is 0 Å². The molecule has 0 aromatic heterocycles. The molecule has 0 aliphatic heterocycles. The molecule has 5 nitrogen and oxygen atoms in total. The minimum atomic E-state index is -1.06. The van der Waals surface area contributed by atoms with E-state index in [4.69, 9.17) is 0 Å². The quantitative estimate of drug-likeness (QED) is 0.520. The molecule has 0 heterocycles. The fraction of sp³-hybridized carbons (Fsp3) is 0.522. The van der Waals surface area contributed by atoms with Crippen LogP contribution in [0.3, 0.4) is 0 Å². The van der Waals surface area contributed by atoms with E-state index in [1.807, 2.05) is 19.1 Å². The van der Waals surface area contributed by atoms with Gasteiger partial charge in [0.25, 0.3) is 5.69 Å². The lowest BCUT2D eigenvalue weighted by molar-refractivity contribution is -0.384. The molecule has 1 N–H and O–H groups in total. The second-order valence-corrected chi connectivity index (χ2v) is 9.59. The van der Waals surface area contributed by atoms with Crippen LogP contribution in [0.25, 0.3) is 0 Å². The van der Waals surface area contributed by atoms with Crippen molar-refractivity contribution in [3.8, 4) is 0 Å². The Morgan fingerprint density at radius 1 is 1.11 bits per heavy atom. The molecule has 2 atom stereocenters. The van der Waals surface area contributed by atoms with Crippen molar-refractivity contribution in [1.82, 2.24) is 0 Å². The van der Waals surface area contributed by atoms with Crippen molar-refractivity contribution in [1.29, 1.82) is 0 Å². The molecule has 1 aromatic rings. The van der Waals surface area contributed by atoms with Gasteiger partial charge in [-0.05, 0) is 41.2 Å². The van der Waals surface area contributed by atoms with Crippen LogP contribution in [0.15, 0.2) is 47.6 Å². The molecule has 28 heavy (non-hydrogen) atoms. The van der Waals surface area contributed by atoms with Crippen LogP contribution in [0.5, 0.6) is 0 Å². The van der Waals surface area contributed by atoms with Gasteiger partial charge in [-0.3, -0.25) is 14.9 Å². The molecule has 0 bridgehead atoms. The highest BCUT2D eigenvalue weighted by molar-refractivity contribution is 5.80. The molecule has 2 aliphatic carbocycles. The van der Waals surface area contributed by atoms with Gasteiger partial charge < -0.3 is 5.11 Å². The Morgan fingerprint density at radius 2 is 1.68 bits per heavy atom. The summed E-state index contributed by atoms with van der Waals surface area (Å²) in [4.78, 5) is 23.0. The van der Waals surface area contributed by atoms with Crippen molar-refractivity contribution in [3.05, 3.63) is 63.2 Å². The smallest absolute Gasteiger partial charge is 0.314 e. The van der Waals surface area contributed by atoms with E-state index in [1.54, 1.807) is 12.1 Å². The second-order valence-electron chi connectivity index (χ2n) is 9.59. The van der Waals surface area contributed by atoms with Crippen LogP contribution in [0, 0.1) is 26.4 Å². The summed E-state index contributed by atoms with van der Waals surface area (Å²) in [5, 5.41) is 21.2. The predicted molar refractivity (Wildman–Crippen MR) is 109 cm³/mol. The highest BCUT2D eigenvalue weighted by atomic mass is 16.6. The van der Waals surface area contributed by atoms with Crippen LogP contribution in [0.2, 0.25) is 0 Å². The average molecular weight is 383 g/mol. The number of nitro groups is 1. The minimum Gasteiger partial charge on any atom is -0.481 e. The van der Waals surface area contributed by atoms with E-state index in [0.29, 0.717) is 6.42 Å². The number of carboxylic acids is 1. The van der Waals surface area contributed by atoms with Gasteiger partial charge in [0.15, 0.2) is 0 Å². The Bertz CT molecular complexity index is 876. The SMILES string of the molecule is CC(c1ccc([N+](=O)[O-])cc1)C1(C(=O)O)C=CC2=C(C1)C(C)(C)CCC2(C)C. The lowest BCUT2D eigenvalue weighted by atomic mass is 9.55. The number of rotatable bonds is 4. The molecule has 2 unspecified atom stereocenters. The predicted octanol–water partition coefficient (Wildman–Crippen LogP) is 5.87. The summed E-state index contributed by atoms with van der Waals surface area (Å²) in [6, 6.07) is 6.26. The molecule has 0 saturated heterocycles. The van der Waals surface area contributed by atoms with Gasteiger partial charge in [0.05, 0.1) is 10.3 Å². The zero-order chi connectivity index (χ0) is 20.9. The Hall–Kier alpha value is -2.43. The molecule has 1 aromatic carbocycles. The molecule has 150 valence electrons. The normalized spacial score (nSPS) is 26.5. The van der Waals surface area contributed by atoms with Gasteiger partial charge in [0.2, 0.25) is 0 Å². The van der Waals surface area contributed by atoms with Gasteiger partial charge >= 0.3 is 5.97 Å². The van der Waals surface area contributed by atoms with Crippen molar-refractivity contribution < 1.29 is 14.8 Å². The summed E-state index contributed by atoms with van der Waals surface area (Å²) in [7, 11) is 0. The van der Waals surface area contributed by atoms with E-state index >= 15 is 0 Å². The maximum Gasteiger partial charge on any atom is 0.314 e. The lowest BCUT2D eigenvalue weighted by Gasteiger charge is -2.48.